The molecule has 0 bridgehead atoms. The molecule has 21 heavy (non-hydrogen) atoms. The molecule has 1 rings (SSSR count). The first-order valence-corrected chi connectivity index (χ1v) is 7.45. The Morgan fingerprint density at radius 2 is 1.95 bits per heavy atom. The number of rotatable bonds is 8. The van der Waals surface area contributed by atoms with Gasteiger partial charge in [0.25, 0.3) is 0 Å². The van der Waals surface area contributed by atoms with Gasteiger partial charge in [-0.15, -0.1) is 24.0 Å². The molecule has 1 aromatic carbocycles. The fourth-order valence-corrected chi connectivity index (χ4v) is 1.63. The summed E-state index contributed by atoms with van der Waals surface area (Å²) in [7, 11) is 0. The van der Waals surface area contributed by atoms with Crippen LogP contribution in [0.15, 0.2) is 35.3 Å². The maximum atomic E-state index is 5.64. The average molecular weight is 405 g/mol. The maximum Gasteiger partial charge on any atom is 0.191 e. The summed E-state index contributed by atoms with van der Waals surface area (Å²) in [6.07, 6.45) is 2.28. The third kappa shape index (κ3) is 10.4. The van der Waals surface area contributed by atoms with Gasteiger partial charge in [-0.25, -0.2) is 0 Å². The van der Waals surface area contributed by atoms with Gasteiger partial charge in [0.15, 0.2) is 5.96 Å². The van der Waals surface area contributed by atoms with E-state index in [4.69, 9.17) is 4.74 Å². The lowest BCUT2D eigenvalue weighted by Crippen LogP contribution is -2.42. The third-order valence-corrected chi connectivity index (χ3v) is 2.61. The zero-order chi connectivity index (χ0) is 14.6. The van der Waals surface area contributed by atoms with Crippen molar-refractivity contribution in [1.29, 1.82) is 0 Å². The second kappa shape index (κ2) is 12.7. The van der Waals surface area contributed by atoms with E-state index < -0.39 is 0 Å². The second-order valence-electron chi connectivity index (χ2n) is 4.97. The molecule has 0 unspecified atom stereocenters. The molecule has 0 aliphatic carbocycles. The number of guanidine groups is 1. The highest BCUT2D eigenvalue weighted by molar-refractivity contribution is 14.0. The Hall–Kier alpha value is -0.980. The molecule has 0 aliphatic heterocycles. The van der Waals surface area contributed by atoms with E-state index >= 15 is 0 Å². The number of hydrogen-bond donors (Lipinski definition) is 2. The van der Waals surface area contributed by atoms with Crippen LogP contribution < -0.4 is 15.4 Å². The van der Waals surface area contributed by atoms with Crippen molar-refractivity contribution in [3.63, 3.8) is 0 Å². The number of benzene rings is 1. The molecule has 2 N–H and O–H groups in total. The van der Waals surface area contributed by atoms with Crippen LogP contribution in [0, 0.1) is 0 Å². The molecular weight excluding hydrogens is 377 g/mol. The number of halogens is 1. The summed E-state index contributed by atoms with van der Waals surface area (Å²) in [4.78, 5) is 4.54. The van der Waals surface area contributed by atoms with Crippen LogP contribution in [-0.2, 0) is 0 Å². The topological polar surface area (TPSA) is 45.7 Å². The zero-order valence-corrected chi connectivity index (χ0v) is 15.6. The fourth-order valence-electron chi connectivity index (χ4n) is 1.63. The minimum atomic E-state index is 0. The van der Waals surface area contributed by atoms with Gasteiger partial charge in [0.1, 0.15) is 12.4 Å². The van der Waals surface area contributed by atoms with Crippen LogP contribution in [0.3, 0.4) is 0 Å². The van der Waals surface area contributed by atoms with Gasteiger partial charge in [0, 0.05) is 12.6 Å². The Balaban J connectivity index is 0.00000400. The molecule has 0 fully saturated rings. The molecule has 0 saturated heterocycles. The lowest BCUT2D eigenvalue weighted by molar-refractivity contribution is 0.321. The molecule has 0 amide bonds. The fraction of sp³-hybridized carbons (Fsp3) is 0.562. The van der Waals surface area contributed by atoms with Crippen LogP contribution in [0.4, 0.5) is 0 Å². The molecular formula is C16H28IN3O. The first-order chi connectivity index (χ1) is 9.72. The Kier molecular flexibility index (Phi) is 12.1. The van der Waals surface area contributed by atoms with E-state index in [-0.39, 0.29) is 24.0 Å². The summed E-state index contributed by atoms with van der Waals surface area (Å²) in [6, 6.07) is 10.2. The van der Waals surface area contributed by atoms with Crippen molar-refractivity contribution in [1.82, 2.24) is 10.6 Å². The molecule has 5 heteroatoms. The van der Waals surface area contributed by atoms with Gasteiger partial charge in [0.05, 0.1) is 6.54 Å². The van der Waals surface area contributed by atoms with Crippen LogP contribution in [0.2, 0.25) is 0 Å². The summed E-state index contributed by atoms with van der Waals surface area (Å²) in [6.45, 7) is 8.61. The summed E-state index contributed by atoms with van der Waals surface area (Å²) >= 11 is 0. The van der Waals surface area contributed by atoms with E-state index in [0.717, 1.165) is 37.6 Å². The number of hydrogen-bond acceptors (Lipinski definition) is 2. The molecule has 0 aromatic heterocycles. The maximum absolute atomic E-state index is 5.64. The van der Waals surface area contributed by atoms with Gasteiger partial charge in [-0.2, -0.15) is 0 Å². The highest BCUT2D eigenvalue weighted by Crippen LogP contribution is 2.07. The molecule has 0 heterocycles. The van der Waals surface area contributed by atoms with E-state index in [2.05, 4.69) is 36.4 Å². The molecule has 0 aliphatic rings. The van der Waals surface area contributed by atoms with Crippen molar-refractivity contribution in [2.24, 2.45) is 4.99 Å². The highest BCUT2D eigenvalue weighted by atomic mass is 127. The smallest absolute Gasteiger partial charge is 0.191 e. The van der Waals surface area contributed by atoms with Crippen molar-refractivity contribution in [2.45, 2.75) is 39.7 Å². The average Bonchev–Trinajstić information content (AvgIpc) is 2.44. The summed E-state index contributed by atoms with van der Waals surface area (Å²) < 4.78 is 5.64. The molecule has 0 saturated carbocycles. The first-order valence-electron chi connectivity index (χ1n) is 7.45. The van der Waals surface area contributed by atoms with Gasteiger partial charge >= 0.3 is 0 Å². The van der Waals surface area contributed by atoms with E-state index in [1.165, 1.54) is 0 Å². The van der Waals surface area contributed by atoms with Gasteiger partial charge < -0.3 is 15.4 Å². The number of nitrogens with zero attached hydrogens (tertiary/aromatic N) is 1. The SMILES string of the molecule is CCCCN=C(NCCOc1ccccc1)NC(C)C.I. The molecule has 4 nitrogen and oxygen atoms in total. The largest absolute Gasteiger partial charge is 0.492 e. The number of nitrogens with one attached hydrogen (secondary N) is 2. The van der Waals surface area contributed by atoms with Crippen molar-refractivity contribution in [3.05, 3.63) is 30.3 Å². The normalized spacial score (nSPS) is 11.0. The number of unbranched alkanes of at least 4 members (excludes halogenated alkanes) is 1. The lowest BCUT2D eigenvalue weighted by atomic mass is 10.3. The van der Waals surface area contributed by atoms with Crippen LogP contribution in [0.1, 0.15) is 33.6 Å². The first kappa shape index (κ1) is 20.0. The Labute approximate surface area is 145 Å². The van der Waals surface area contributed by atoms with E-state index in [9.17, 15) is 0 Å². The van der Waals surface area contributed by atoms with Crippen LogP contribution in [0.25, 0.3) is 0 Å². The van der Waals surface area contributed by atoms with Gasteiger partial charge in [-0.05, 0) is 32.4 Å². The van der Waals surface area contributed by atoms with Crippen molar-refractivity contribution < 1.29 is 4.74 Å². The third-order valence-electron chi connectivity index (χ3n) is 2.61. The van der Waals surface area contributed by atoms with Crippen molar-refractivity contribution in [3.8, 4) is 5.75 Å². The number of para-hydroxylation sites is 1. The molecule has 0 spiro atoms. The number of ether oxygens (including phenoxy) is 1. The van der Waals surface area contributed by atoms with E-state index in [1.807, 2.05) is 30.3 Å². The lowest BCUT2D eigenvalue weighted by Gasteiger charge is -2.15. The Bertz CT molecular complexity index is 382. The molecule has 0 atom stereocenters. The number of aliphatic imine (C=N–C) groups is 1. The van der Waals surface area contributed by atoms with Crippen molar-refractivity contribution in [2.75, 3.05) is 19.7 Å². The molecule has 0 radical (unpaired) electrons. The summed E-state index contributed by atoms with van der Waals surface area (Å²) in [5.41, 5.74) is 0. The van der Waals surface area contributed by atoms with Gasteiger partial charge in [-0.1, -0.05) is 31.5 Å². The predicted octanol–water partition coefficient (Wildman–Crippen LogP) is 3.43. The monoisotopic (exact) mass is 405 g/mol. The second-order valence-corrected chi connectivity index (χ2v) is 4.97. The summed E-state index contributed by atoms with van der Waals surface area (Å²) in [5, 5.41) is 6.61. The predicted molar refractivity (Wildman–Crippen MR) is 101 cm³/mol. The van der Waals surface area contributed by atoms with Gasteiger partial charge in [-0.3, -0.25) is 4.99 Å². The quantitative estimate of drug-likeness (QED) is 0.302. The molecule has 120 valence electrons. The minimum absolute atomic E-state index is 0. The van der Waals surface area contributed by atoms with E-state index in [0.29, 0.717) is 12.6 Å². The zero-order valence-electron chi connectivity index (χ0n) is 13.3. The van der Waals surface area contributed by atoms with Crippen LogP contribution in [0.5, 0.6) is 5.75 Å². The van der Waals surface area contributed by atoms with Crippen LogP contribution >= 0.6 is 24.0 Å². The van der Waals surface area contributed by atoms with Crippen LogP contribution in [-0.4, -0.2) is 31.7 Å². The Morgan fingerprint density at radius 1 is 1.24 bits per heavy atom. The standard InChI is InChI=1S/C16H27N3O.HI/c1-4-5-11-17-16(19-14(2)3)18-12-13-20-15-9-7-6-8-10-15;/h6-10,14H,4-5,11-13H2,1-3H3,(H2,17,18,19);1H. The highest BCUT2D eigenvalue weighted by Gasteiger charge is 2.00. The summed E-state index contributed by atoms with van der Waals surface area (Å²) in [5.74, 6) is 1.76. The minimum Gasteiger partial charge on any atom is -0.492 e. The molecule has 1 aromatic rings. The van der Waals surface area contributed by atoms with Gasteiger partial charge in [0.2, 0.25) is 0 Å². The Morgan fingerprint density at radius 3 is 2.57 bits per heavy atom. The van der Waals surface area contributed by atoms with Crippen molar-refractivity contribution >= 4 is 29.9 Å². The van der Waals surface area contributed by atoms with E-state index in [1.54, 1.807) is 0 Å².